The van der Waals surface area contributed by atoms with Gasteiger partial charge in [0.15, 0.2) is 0 Å². The summed E-state index contributed by atoms with van der Waals surface area (Å²) in [4.78, 5) is 0. The molecular weight excluding hydrogens is 200 g/mol. The predicted molar refractivity (Wildman–Crippen MR) is 65.1 cm³/mol. The molecule has 0 aliphatic heterocycles. The van der Waals surface area contributed by atoms with Crippen LogP contribution in [0, 0.1) is 0 Å². The van der Waals surface area contributed by atoms with Crippen LogP contribution in [0.2, 0.25) is 0 Å². The Hall–Kier alpha value is -1.74. The van der Waals surface area contributed by atoms with E-state index in [0.29, 0.717) is 13.3 Å². The van der Waals surface area contributed by atoms with Gasteiger partial charge < -0.3 is 14.6 Å². The van der Waals surface area contributed by atoms with Gasteiger partial charge in [0.1, 0.15) is 6.73 Å². The summed E-state index contributed by atoms with van der Waals surface area (Å²) >= 11 is 0. The van der Waals surface area contributed by atoms with Crippen LogP contribution in [0.5, 0.6) is 0 Å². The Morgan fingerprint density at radius 2 is 2.00 bits per heavy atom. The predicted octanol–water partition coefficient (Wildman–Crippen LogP) is 2.61. The third kappa shape index (κ3) is 3.14. The highest BCUT2D eigenvalue weighted by molar-refractivity contribution is 5.40. The largest absolute Gasteiger partial charge is 0.361 e. The van der Waals surface area contributed by atoms with Crippen LogP contribution in [0.25, 0.3) is 0 Å². The molecule has 2 rings (SSSR count). The van der Waals surface area contributed by atoms with E-state index < -0.39 is 0 Å². The molecule has 16 heavy (non-hydrogen) atoms. The molecule has 0 aliphatic carbocycles. The Kier molecular flexibility index (Phi) is 3.62. The molecule has 3 heteroatoms. The van der Waals surface area contributed by atoms with Gasteiger partial charge in [0.2, 0.25) is 0 Å². The third-order valence-corrected chi connectivity index (χ3v) is 2.32. The maximum atomic E-state index is 5.51. The van der Waals surface area contributed by atoms with Gasteiger partial charge in [-0.25, -0.2) is 0 Å². The van der Waals surface area contributed by atoms with Crippen molar-refractivity contribution >= 4 is 5.69 Å². The zero-order chi connectivity index (χ0) is 11.2. The summed E-state index contributed by atoms with van der Waals surface area (Å²) in [6.45, 7) is 1.17. The highest BCUT2D eigenvalue weighted by atomic mass is 16.5. The van der Waals surface area contributed by atoms with Crippen LogP contribution >= 0.6 is 0 Å². The van der Waals surface area contributed by atoms with Crippen LogP contribution in [0.4, 0.5) is 5.69 Å². The molecule has 84 valence electrons. The molecule has 0 unspecified atom stereocenters. The lowest BCUT2D eigenvalue weighted by molar-refractivity contribution is 0.138. The van der Waals surface area contributed by atoms with Crippen molar-refractivity contribution in [3.63, 3.8) is 0 Å². The fourth-order valence-corrected chi connectivity index (χ4v) is 1.49. The Labute approximate surface area is 95.7 Å². The van der Waals surface area contributed by atoms with Crippen LogP contribution < -0.4 is 5.32 Å². The lowest BCUT2D eigenvalue weighted by atomic mass is 10.2. The molecule has 1 aromatic heterocycles. The number of rotatable bonds is 5. The molecular formula is C13H16N2O. The number of aromatic nitrogens is 1. The summed E-state index contributed by atoms with van der Waals surface area (Å²) in [6.07, 6.45) is 4.02. The molecule has 3 nitrogen and oxygen atoms in total. The molecule has 0 fully saturated rings. The average Bonchev–Trinajstić information content (AvgIpc) is 2.72. The van der Waals surface area contributed by atoms with Gasteiger partial charge in [-0.1, -0.05) is 30.3 Å². The van der Waals surface area contributed by atoms with Gasteiger partial charge in [-0.2, -0.15) is 0 Å². The van der Waals surface area contributed by atoms with E-state index in [1.807, 2.05) is 48.3 Å². The maximum absolute atomic E-state index is 5.51. The quantitative estimate of drug-likeness (QED) is 0.614. The van der Waals surface area contributed by atoms with Gasteiger partial charge in [-0.15, -0.1) is 0 Å². The second kappa shape index (κ2) is 5.37. The molecule has 0 bridgehead atoms. The molecule has 0 aliphatic rings. The van der Waals surface area contributed by atoms with E-state index in [-0.39, 0.29) is 0 Å². The zero-order valence-electron chi connectivity index (χ0n) is 9.39. The number of anilines is 1. The molecule has 0 radical (unpaired) electrons. The molecule has 0 saturated carbocycles. The van der Waals surface area contributed by atoms with Crippen LogP contribution in [-0.4, -0.2) is 11.3 Å². The molecule has 0 amide bonds. The number of hydrogen-bond acceptors (Lipinski definition) is 2. The lowest BCUT2D eigenvalue weighted by Gasteiger charge is -2.05. The smallest absolute Gasteiger partial charge is 0.116 e. The van der Waals surface area contributed by atoms with Crippen molar-refractivity contribution in [1.29, 1.82) is 0 Å². The Morgan fingerprint density at radius 3 is 2.69 bits per heavy atom. The SMILES string of the molecule is Cn1ccc(NCOCc2ccccc2)c1. The summed E-state index contributed by atoms with van der Waals surface area (Å²) in [6, 6.07) is 12.2. The Balaban J connectivity index is 1.69. The maximum Gasteiger partial charge on any atom is 0.116 e. The molecule has 0 spiro atoms. The van der Waals surface area contributed by atoms with Crippen molar-refractivity contribution in [2.24, 2.45) is 7.05 Å². The molecule has 0 saturated heterocycles. The molecule has 2 aromatic rings. The minimum Gasteiger partial charge on any atom is -0.361 e. The topological polar surface area (TPSA) is 26.2 Å². The van der Waals surface area contributed by atoms with Gasteiger partial charge in [0, 0.05) is 19.4 Å². The molecule has 1 heterocycles. The van der Waals surface area contributed by atoms with E-state index in [1.165, 1.54) is 5.56 Å². The zero-order valence-corrected chi connectivity index (χ0v) is 9.39. The van der Waals surface area contributed by atoms with E-state index in [9.17, 15) is 0 Å². The monoisotopic (exact) mass is 216 g/mol. The third-order valence-electron chi connectivity index (χ3n) is 2.32. The number of nitrogens with zero attached hydrogens (tertiary/aromatic N) is 1. The second-order valence-corrected chi connectivity index (χ2v) is 3.72. The molecule has 1 N–H and O–H groups in total. The highest BCUT2D eigenvalue weighted by Crippen LogP contribution is 2.06. The summed E-state index contributed by atoms with van der Waals surface area (Å²) < 4.78 is 7.51. The van der Waals surface area contributed by atoms with Crippen molar-refractivity contribution < 1.29 is 4.74 Å². The van der Waals surface area contributed by atoms with E-state index in [1.54, 1.807) is 0 Å². The van der Waals surface area contributed by atoms with Crippen LogP contribution in [0.1, 0.15) is 5.56 Å². The van der Waals surface area contributed by atoms with Crippen molar-refractivity contribution in [2.45, 2.75) is 6.61 Å². The van der Waals surface area contributed by atoms with Gasteiger partial charge in [0.05, 0.1) is 12.3 Å². The fourth-order valence-electron chi connectivity index (χ4n) is 1.49. The number of aryl methyl sites for hydroxylation is 1. The lowest BCUT2D eigenvalue weighted by Crippen LogP contribution is -2.05. The average molecular weight is 216 g/mol. The van der Waals surface area contributed by atoms with Crippen LogP contribution in [0.15, 0.2) is 48.8 Å². The van der Waals surface area contributed by atoms with Crippen molar-refractivity contribution in [3.8, 4) is 0 Å². The first kappa shape index (κ1) is 10.8. The minimum absolute atomic E-state index is 0.527. The van der Waals surface area contributed by atoms with Crippen molar-refractivity contribution in [2.75, 3.05) is 12.0 Å². The van der Waals surface area contributed by atoms with Crippen molar-refractivity contribution in [1.82, 2.24) is 4.57 Å². The summed E-state index contributed by atoms with van der Waals surface area (Å²) in [5, 5.41) is 3.19. The summed E-state index contributed by atoms with van der Waals surface area (Å²) in [5.41, 5.74) is 2.27. The first-order valence-electron chi connectivity index (χ1n) is 5.32. The fraction of sp³-hybridized carbons (Fsp3) is 0.231. The van der Waals surface area contributed by atoms with Crippen molar-refractivity contribution in [3.05, 3.63) is 54.4 Å². The number of hydrogen-bond donors (Lipinski definition) is 1. The molecule has 0 atom stereocenters. The van der Waals surface area contributed by atoms with Gasteiger partial charge in [0.25, 0.3) is 0 Å². The highest BCUT2D eigenvalue weighted by Gasteiger charge is 1.93. The first-order chi connectivity index (χ1) is 7.84. The van der Waals surface area contributed by atoms with Crippen LogP contribution in [-0.2, 0) is 18.4 Å². The number of nitrogens with one attached hydrogen (secondary N) is 1. The summed E-state index contributed by atoms with van der Waals surface area (Å²) in [5.74, 6) is 0. The Morgan fingerprint density at radius 1 is 1.19 bits per heavy atom. The standard InChI is InChI=1S/C13H16N2O/c1-15-8-7-13(9-15)14-11-16-10-12-5-3-2-4-6-12/h2-9,14H,10-11H2,1H3. The molecule has 1 aromatic carbocycles. The van der Waals surface area contributed by atoms with Gasteiger partial charge >= 0.3 is 0 Å². The van der Waals surface area contributed by atoms with Crippen LogP contribution in [0.3, 0.4) is 0 Å². The van der Waals surface area contributed by atoms with E-state index >= 15 is 0 Å². The summed E-state index contributed by atoms with van der Waals surface area (Å²) in [7, 11) is 2.00. The van der Waals surface area contributed by atoms with E-state index in [4.69, 9.17) is 4.74 Å². The normalized spacial score (nSPS) is 10.3. The second-order valence-electron chi connectivity index (χ2n) is 3.72. The van der Waals surface area contributed by atoms with Gasteiger partial charge in [-0.05, 0) is 11.6 Å². The Bertz CT molecular complexity index is 423. The first-order valence-corrected chi connectivity index (χ1v) is 5.32. The minimum atomic E-state index is 0.527. The number of benzene rings is 1. The van der Waals surface area contributed by atoms with Gasteiger partial charge in [-0.3, -0.25) is 0 Å². The number of ether oxygens (including phenoxy) is 1. The van der Waals surface area contributed by atoms with E-state index in [0.717, 1.165) is 5.69 Å². The van der Waals surface area contributed by atoms with E-state index in [2.05, 4.69) is 17.4 Å².